The first-order chi connectivity index (χ1) is 21.7. The molecule has 46 heavy (non-hydrogen) atoms. The summed E-state index contributed by atoms with van der Waals surface area (Å²) < 4.78 is 5.42. The number of ether oxygens (including phenoxy) is 1. The number of allylic oxidation sites excluding steroid dienone is 8. The molecule has 11 heteroatoms. The predicted molar refractivity (Wildman–Crippen MR) is 175 cm³/mol. The lowest BCUT2D eigenvalue weighted by atomic mass is 9.87. The minimum atomic E-state index is -1.52. The van der Waals surface area contributed by atoms with Gasteiger partial charge in [0.05, 0.1) is 48.8 Å². The summed E-state index contributed by atoms with van der Waals surface area (Å²) in [5.41, 5.74) is 0.609. The van der Waals surface area contributed by atoms with Crippen LogP contribution in [-0.4, -0.2) is 113 Å². The SMILES string of the molecule is CCCCC[C@H](O)C1C(=O)O[C@H](C)[C@@H](O)/C=C/C=C/C=C/C=C/C=C(/C)[C@@H](O)C[C@@H](O)C[C@H](O)C[C@H](O)C[C@H](O)C[C@H](O)C[C@@H]1O. The Morgan fingerprint density at radius 1 is 0.717 bits per heavy atom. The van der Waals surface area contributed by atoms with Gasteiger partial charge in [0.2, 0.25) is 0 Å². The molecule has 0 radical (unpaired) electrons. The summed E-state index contributed by atoms with van der Waals surface area (Å²) in [5, 5.41) is 94.8. The average Bonchev–Trinajstić information content (AvgIpc) is 2.94. The lowest BCUT2D eigenvalue weighted by Gasteiger charge is -2.29. The first-order valence-electron chi connectivity index (χ1n) is 16.4. The standard InChI is InChI=1S/C35H58O11/c1-4-5-11-16-31(42)34-33(44)22-29(40)20-27(38)18-25(36)17-26(37)19-28(39)21-32(43)23(2)14-12-9-7-6-8-10-13-15-30(41)24(3)46-35(34)45/h6-10,12-15,24-34,36-44H,4-5,11,16-22H2,1-3H3/b7-6+,10-8+,12-9+,15-13+,23-14-/t24-,25+,26-,27+,28+,29+,30+,31+,32+,33+,34?/m1/s1. The highest BCUT2D eigenvalue weighted by Crippen LogP contribution is 2.24. The van der Waals surface area contributed by atoms with E-state index in [1.54, 1.807) is 55.5 Å². The highest BCUT2D eigenvalue weighted by Gasteiger charge is 2.37. The van der Waals surface area contributed by atoms with Crippen LogP contribution in [0.5, 0.6) is 0 Å². The molecule has 9 N–H and O–H groups in total. The molecule has 0 aromatic rings. The molecule has 1 aliphatic rings. The summed E-state index contributed by atoms with van der Waals surface area (Å²) in [6.07, 6.45) is 4.69. The van der Waals surface area contributed by atoms with Gasteiger partial charge in [0.1, 0.15) is 18.1 Å². The molecule has 1 heterocycles. The van der Waals surface area contributed by atoms with Crippen LogP contribution in [-0.2, 0) is 9.53 Å². The number of esters is 1. The lowest BCUT2D eigenvalue weighted by molar-refractivity contribution is -0.168. The second-order valence-corrected chi connectivity index (χ2v) is 12.4. The molecule has 11 atom stereocenters. The van der Waals surface area contributed by atoms with Crippen molar-refractivity contribution in [3.05, 3.63) is 60.3 Å². The summed E-state index contributed by atoms with van der Waals surface area (Å²) in [7, 11) is 0. The van der Waals surface area contributed by atoms with Crippen molar-refractivity contribution in [2.75, 3.05) is 0 Å². The molecule has 0 fully saturated rings. The number of carbonyl (C=O) groups is 1. The zero-order valence-electron chi connectivity index (χ0n) is 27.5. The monoisotopic (exact) mass is 654 g/mol. The molecule has 0 saturated heterocycles. The third kappa shape index (κ3) is 17.7. The first kappa shape index (κ1) is 41.8. The van der Waals surface area contributed by atoms with Crippen LogP contribution < -0.4 is 0 Å². The molecule has 11 nitrogen and oxygen atoms in total. The van der Waals surface area contributed by atoms with Crippen LogP contribution in [0, 0.1) is 5.92 Å². The second-order valence-electron chi connectivity index (χ2n) is 12.4. The van der Waals surface area contributed by atoms with Gasteiger partial charge < -0.3 is 50.7 Å². The molecule has 264 valence electrons. The Morgan fingerprint density at radius 3 is 1.74 bits per heavy atom. The van der Waals surface area contributed by atoms with E-state index in [0.29, 0.717) is 12.0 Å². The number of carbonyl (C=O) groups excluding carboxylic acids is 1. The zero-order chi connectivity index (χ0) is 34.6. The van der Waals surface area contributed by atoms with E-state index in [0.717, 1.165) is 12.8 Å². The minimum absolute atomic E-state index is 0.0162. The fraction of sp³-hybridized carbons (Fsp3) is 0.686. The second kappa shape index (κ2) is 23.2. The molecule has 1 aliphatic heterocycles. The third-order valence-corrected chi connectivity index (χ3v) is 8.03. The number of rotatable bonds is 5. The summed E-state index contributed by atoms with van der Waals surface area (Å²) in [6.45, 7) is 5.18. The Morgan fingerprint density at radius 2 is 1.20 bits per heavy atom. The van der Waals surface area contributed by atoms with Gasteiger partial charge in [0.15, 0.2) is 0 Å². The van der Waals surface area contributed by atoms with E-state index in [-0.39, 0.29) is 44.9 Å². The average molecular weight is 655 g/mol. The number of hydrogen-bond acceptors (Lipinski definition) is 11. The van der Waals surface area contributed by atoms with Crippen LogP contribution in [0.3, 0.4) is 0 Å². The molecule has 0 amide bonds. The Labute approximate surface area is 273 Å². The van der Waals surface area contributed by atoms with Crippen molar-refractivity contribution in [2.24, 2.45) is 5.92 Å². The largest absolute Gasteiger partial charge is 0.459 e. The molecular weight excluding hydrogens is 596 g/mol. The number of cyclic esters (lactones) is 1. The molecular formula is C35H58O11. The predicted octanol–water partition coefficient (Wildman–Crippen LogP) is 1.89. The normalized spacial score (nSPS) is 38.6. The van der Waals surface area contributed by atoms with Crippen LogP contribution in [0.4, 0.5) is 0 Å². The molecule has 0 aliphatic carbocycles. The molecule has 0 aromatic heterocycles. The quantitative estimate of drug-likeness (QED) is 0.154. The van der Waals surface area contributed by atoms with E-state index in [4.69, 9.17) is 4.74 Å². The molecule has 0 aromatic carbocycles. The molecule has 0 bridgehead atoms. The van der Waals surface area contributed by atoms with E-state index < -0.39 is 72.9 Å². The summed E-state index contributed by atoms with van der Waals surface area (Å²) in [5.74, 6) is -2.33. The summed E-state index contributed by atoms with van der Waals surface area (Å²) in [4.78, 5) is 13.1. The van der Waals surface area contributed by atoms with Gasteiger partial charge in [-0.3, -0.25) is 4.79 Å². The van der Waals surface area contributed by atoms with Gasteiger partial charge in [-0.05, 0) is 51.5 Å². The maximum atomic E-state index is 13.1. The van der Waals surface area contributed by atoms with Crippen molar-refractivity contribution < 1.29 is 55.5 Å². The van der Waals surface area contributed by atoms with Crippen molar-refractivity contribution >= 4 is 5.97 Å². The smallest absolute Gasteiger partial charge is 0.314 e. The van der Waals surface area contributed by atoms with Gasteiger partial charge in [-0.25, -0.2) is 0 Å². The number of hydrogen-bond donors (Lipinski definition) is 9. The third-order valence-electron chi connectivity index (χ3n) is 8.03. The fourth-order valence-electron chi connectivity index (χ4n) is 5.27. The number of unbranched alkanes of at least 4 members (excludes halogenated alkanes) is 2. The minimum Gasteiger partial charge on any atom is -0.459 e. The van der Waals surface area contributed by atoms with Gasteiger partial charge in [0, 0.05) is 12.8 Å². The molecule has 0 spiro atoms. The zero-order valence-corrected chi connectivity index (χ0v) is 27.5. The lowest BCUT2D eigenvalue weighted by Crippen LogP contribution is -2.43. The first-order valence-corrected chi connectivity index (χ1v) is 16.4. The van der Waals surface area contributed by atoms with Gasteiger partial charge in [0.25, 0.3) is 0 Å². The Balaban J connectivity index is 3.14. The van der Waals surface area contributed by atoms with Crippen molar-refractivity contribution in [3.8, 4) is 0 Å². The van der Waals surface area contributed by atoms with Crippen molar-refractivity contribution in [3.63, 3.8) is 0 Å². The highest BCUT2D eigenvalue weighted by molar-refractivity contribution is 5.74. The Bertz CT molecular complexity index is 991. The van der Waals surface area contributed by atoms with Gasteiger partial charge in [-0.2, -0.15) is 0 Å². The van der Waals surface area contributed by atoms with E-state index in [1.165, 1.54) is 13.0 Å². The molecule has 0 saturated carbocycles. The van der Waals surface area contributed by atoms with Crippen molar-refractivity contribution in [1.82, 2.24) is 0 Å². The van der Waals surface area contributed by atoms with Crippen LogP contribution in [0.25, 0.3) is 0 Å². The van der Waals surface area contributed by atoms with Crippen molar-refractivity contribution in [1.29, 1.82) is 0 Å². The van der Waals surface area contributed by atoms with E-state index in [9.17, 15) is 50.8 Å². The van der Waals surface area contributed by atoms with Gasteiger partial charge in [-0.15, -0.1) is 0 Å². The van der Waals surface area contributed by atoms with Crippen molar-refractivity contribution in [2.45, 2.75) is 146 Å². The molecule has 1 unspecified atom stereocenters. The van der Waals surface area contributed by atoms with Gasteiger partial charge >= 0.3 is 5.97 Å². The van der Waals surface area contributed by atoms with Crippen LogP contribution in [0.2, 0.25) is 0 Å². The van der Waals surface area contributed by atoms with E-state index >= 15 is 0 Å². The highest BCUT2D eigenvalue weighted by atomic mass is 16.6. The topological polar surface area (TPSA) is 208 Å². The van der Waals surface area contributed by atoms with E-state index in [2.05, 4.69) is 0 Å². The van der Waals surface area contributed by atoms with Crippen LogP contribution in [0.1, 0.15) is 85.0 Å². The number of aliphatic hydroxyl groups is 9. The van der Waals surface area contributed by atoms with Crippen LogP contribution in [0.15, 0.2) is 60.3 Å². The maximum Gasteiger partial charge on any atom is 0.314 e. The molecule has 1 rings (SSSR count). The van der Waals surface area contributed by atoms with Gasteiger partial charge in [-0.1, -0.05) is 80.9 Å². The Hall–Kier alpha value is -2.19. The maximum absolute atomic E-state index is 13.1. The number of aliphatic hydroxyl groups excluding tert-OH is 9. The van der Waals surface area contributed by atoms with E-state index in [1.807, 2.05) is 6.92 Å². The Kier molecular flexibility index (Phi) is 21.1. The fourth-order valence-corrected chi connectivity index (χ4v) is 5.27. The summed E-state index contributed by atoms with van der Waals surface area (Å²) in [6, 6.07) is 0. The summed E-state index contributed by atoms with van der Waals surface area (Å²) >= 11 is 0. The van der Waals surface area contributed by atoms with Crippen LogP contribution >= 0.6 is 0 Å².